The lowest BCUT2D eigenvalue weighted by Gasteiger charge is -2.34. The molecule has 12 heteroatoms. The third-order valence-electron chi connectivity index (χ3n) is 10.7. The van der Waals surface area contributed by atoms with Crippen LogP contribution in [0.3, 0.4) is 0 Å². The maximum Gasteiger partial charge on any atom is 0.256 e. The quantitative estimate of drug-likeness (QED) is 0.187. The van der Waals surface area contributed by atoms with E-state index in [0.29, 0.717) is 48.4 Å². The van der Waals surface area contributed by atoms with Crippen molar-refractivity contribution >= 4 is 33.6 Å². The SMILES string of the molecule is N#Cc1c[nH]c2c(C(=O)N3CCN(CCc4ccc(F)cc4)CC3)cccc12.N#Cc1c[nH]c2c(C(=O)N3CCN(CCc4ccc(F)cc4)CC3)cccc12. The molecule has 0 saturated carbocycles. The maximum absolute atomic E-state index is 13.0. The van der Waals surface area contributed by atoms with Crippen LogP contribution in [0.25, 0.3) is 21.8 Å². The molecular formula is C44H42F2N8O2. The van der Waals surface area contributed by atoms with Crippen LogP contribution in [0.1, 0.15) is 43.0 Å². The minimum atomic E-state index is -0.213. The van der Waals surface area contributed by atoms with Gasteiger partial charge in [0.2, 0.25) is 0 Å². The van der Waals surface area contributed by atoms with Crippen molar-refractivity contribution in [3.63, 3.8) is 0 Å². The van der Waals surface area contributed by atoms with Crippen molar-refractivity contribution in [3.8, 4) is 12.1 Å². The molecule has 0 bridgehead atoms. The van der Waals surface area contributed by atoms with Crippen LogP contribution in [0.2, 0.25) is 0 Å². The van der Waals surface area contributed by atoms with E-state index in [4.69, 9.17) is 0 Å². The summed E-state index contributed by atoms with van der Waals surface area (Å²) in [6.07, 6.45) is 5.03. The lowest BCUT2D eigenvalue weighted by Crippen LogP contribution is -2.49. The highest BCUT2D eigenvalue weighted by atomic mass is 19.1. The number of rotatable bonds is 8. The number of carbonyl (C=O) groups is 2. The summed E-state index contributed by atoms with van der Waals surface area (Å²) in [5.74, 6) is -0.435. The minimum absolute atomic E-state index is 0.00451. The Morgan fingerprint density at radius 2 is 0.929 bits per heavy atom. The van der Waals surface area contributed by atoms with Crippen molar-refractivity contribution in [2.24, 2.45) is 0 Å². The lowest BCUT2D eigenvalue weighted by atomic mass is 10.1. The van der Waals surface area contributed by atoms with Crippen molar-refractivity contribution in [2.75, 3.05) is 65.4 Å². The molecule has 6 aromatic rings. The largest absolute Gasteiger partial charge is 0.359 e. The average molecular weight is 753 g/mol. The molecule has 0 spiro atoms. The van der Waals surface area contributed by atoms with E-state index in [1.807, 2.05) is 70.5 Å². The molecule has 2 fully saturated rings. The second kappa shape index (κ2) is 17.4. The van der Waals surface area contributed by atoms with E-state index in [2.05, 4.69) is 31.9 Å². The number of fused-ring (bicyclic) bond motifs is 2. The van der Waals surface area contributed by atoms with E-state index in [1.54, 1.807) is 12.4 Å². The number of halogens is 2. The van der Waals surface area contributed by atoms with E-state index >= 15 is 0 Å². The zero-order valence-electron chi connectivity index (χ0n) is 31.0. The number of para-hydroxylation sites is 2. The number of nitriles is 2. The first kappa shape index (κ1) is 38.0. The molecule has 56 heavy (non-hydrogen) atoms. The number of nitrogens with zero attached hydrogens (tertiary/aromatic N) is 6. The number of H-pyrrole nitrogens is 2. The molecule has 0 unspecified atom stereocenters. The third kappa shape index (κ3) is 8.63. The second-order valence-electron chi connectivity index (χ2n) is 14.1. The molecule has 2 saturated heterocycles. The number of carbonyl (C=O) groups excluding carboxylic acids is 2. The number of aromatic amines is 2. The van der Waals surface area contributed by atoms with Gasteiger partial charge < -0.3 is 19.8 Å². The van der Waals surface area contributed by atoms with E-state index in [9.17, 15) is 28.9 Å². The average Bonchev–Trinajstić information content (AvgIpc) is 3.88. The van der Waals surface area contributed by atoms with Crippen LogP contribution in [-0.4, -0.2) is 107 Å². The summed E-state index contributed by atoms with van der Waals surface area (Å²) in [5, 5.41) is 19.9. The van der Waals surface area contributed by atoms with Gasteiger partial charge in [-0.05, 0) is 60.4 Å². The Balaban J connectivity index is 0.000000172. The highest BCUT2D eigenvalue weighted by Gasteiger charge is 2.25. The van der Waals surface area contributed by atoms with Crippen LogP contribution >= 0.6 is 0 Å². The normalized spacial score (nSPS) is 14.9. The van der Waals surface area contributed by atoms with Gasteiger partial charge in [-0.3, -0.25) is 19.4 Å². The molecule has 4 heterocycles. The molecule has 2 aliphatic heterocycles. The number of amides is 2. The van der Waals surface area contributed by atoms with Crippen molar-refractivity contribution < 1.29 is 18.4 Å². The fraction of sp³-hybridized carbons (Fsp3) is 0.273. The van der Waals surface area contributed by atoms with Crippen LogP contribution in [0.4, 0.5) is 8.78 Å². The number of benzene rings is 4. The monoisotopic (exact) mass is 752 g/mol. The number of nitrogens with one attached hydrogen (secondary N) is 2. The Hall–Kier alpha value is -6.34. The van der Waals surface area contributed by atoms with Crippen LogP contribution < -0.4 is 0 Å². The van der Waals surface area contributed by atoms with Gasteiger partial charge in [0.1, 0.15) is 23.8 Å². The zero-order valence-corrected chi connectivity index (χ0v) is 31.0. The number of hydrogen-bond donors (Lipinski definition) is 2. The smallest absolute Gasteiger partial charge is 0.256 e. The first-order valence-electron chi connectivity index (χ1n) is 18.8. The van der Waals surface area contributed by atoms with Crippen LogP contribution in [0.5, 0.6) is 0 Å². The summed E-state index contributed by atoms with van der Waals surface area (Å²) in [7, 11) is 0. The van der Waals surface area contributed by atoms with Crippen LogP contribution in [0, 0.1) is 34.3 Å². The molecule has 8 rings (SSSR count). The number of hydrogen-bond acceptors (Lipinski definition) is 6. The van der Waals surface area contributed by atoms with Crippen molar-refractivity contribution in [3.05, 3.63) is 142 Å². The first-order chi connectivity index (χ1) is 27.3. The molecule has 2 amide bonds. The van der Waals surface area contributed by atoms with Crippen molar-refractivity contribution in [1.82, 2.24) is 29.6 Å². The second-order valence-corrected chi connectivity index (χ2v) is 14.1. The maximum atomic E-state index is 13.0. The molecular weight excluding hydrogens is 711 g/mol. The highest BCUT2D eigenvalue weighted by molar-refractivity contribution is 6.07. The van der Waals surface area contributed by atoms with Gasteiger partial charge in [-0.15, -0.1) is 0 Å². The molecule has 2 aliphatic rings. The van der Waals surface area contributed by atoms with Gasteiger partial charge in [0.25, 0.3) is 11.8 Å². The fourth-order valence-corrected chi connectivity index (χ4v) is 7.42. The van der Waals surface area contributed by atoms with Gasteiger partial charge in [-0.1, -0.05) is 48.5 Å². The molecule has 2 aromatic heterocycles. The van der Waals surface area contributed by atoms with Crippen molar-refractivity contribution in [2.45, 2.75) is 12.8 Å². The van der Waals surface area contributed by atoms with E-state index in [-0.39, 0.29) is 23.4 Å². The van der Waals surface area contributed by atoms with Gasteiger partial charge in [-0.2, -0.15) is 10.5 Å². The molecule has 0 radical (unpaired) electrons. The van der Waals surface area contributed by atoms with Gasteiger partial charge in [0, 0.05) is 88.6 Å². The van der Waals surface area contributed by atoms with Gasteiger partial charge in [0.05, 0.1) is 33.3 Å². The van der Waals surface area contributed by atoms with Crippen LogP contribution in [0.15, 0.2) is 97.3 Å². The van der Waals surface area contributed by atoms with E-state index in [1.165, 1.54) is 24.3 Å². The molecule has 4 aromatic carbocycles. The first-order valence-corrected chi connectivity index (χ1v) is 18.8. The Morgan fingerprint density at radius 3 is 1.29 bits per heavy atom. The van der Waals surface area contributed by atoms with Crippen LogP contribution in [-0.2, 0) is 12.8 Å². The Kier molecular flexibility index (Phi) is 11.8. The van der Waals surface area contributed by atoms with E-state index in [0.717, 1.165) is 85.0 Å². The van der Waals surface area contributed by atoms with Gasteiger partial charge in [0.15, 0.2) is 0 Å². The van der Waals surface area contributed by atoms with Gasteiger partial charge in [-0.25, -0.2) is 8.78 Å². The van der Waals surface area contributed by atoms with E-state index < -0.39 is 0 Å². The summed E-state index contributed by atoms with van der Waals surface area (Å²) in [6, 6.07) is 28.5. The molecule has 0 atom stereocenters. The standard InChI is InChI=1S/2C22H21FN4O/c2*23-18-6-4-16(5-7-18)8-9-26-10-12-27(13-11-26)22(28)20-3-1-2-19-17(14-24)15-25-21(19)20/h2*1-7,15,25H,8-13H2. The third-order valence-corrected chi connectivity index (χ3v) is 10.7. The summed E-state index contributed by atoms with van der Waals surface area (Å²) in [4.78, 5) is 40.5. The molecule has 10 nitrogen and oxygen atoms in total. The molecule has 0 aliphatic carbocycles. The summed E-state index contributed by atoms with van der Waals surface area (Å²) in [6.45, 7) is 7.74. The minimum Gasteiger partial charge on any atom is -0.359 e. The summed E-state index contributed by atoms with van der Waals surface area (Å²) >= 11 is 0. The zero-order chi connectivity index (χ0) is 39.0. The topological polar surface area (TPSA) is 126 Å². The summed E-state index contributed by atoms with van der Waals surface area (Å²) < 4.78 is 26.0. The lowest BCUT2D eigenvalue weighted by molar-refractivity contribution is 0.0634. The Labute approximate surface area is 324 Å². The molecule has 284 valence electrons. The molecule has 2 N–H and O–H groups in total. The van der Waals surface area contributed by atoms with Gasteiger partial charge >= 0.3 is 0 Å². The Bertz CT molecular complexity index is 2220. The Morgan fingerprint density at radius 1 is 0.554 bits per heavy atom. The predicted octanol–water partition coefficient (Wildman–Crippen LogP) is 6.36. The highest BCUT2D eigenvalue weighted by Crippen LogP contribution is 2.24. The number of aromatic nitrogens is 2. The fourth-order valence-electron chi connectivity index (χ4n) is 7.42. The number of piperazine rings is 2. The summed E-state index contributed by atoms with van der Waals surface area (Å²) in [5.41, 5.74) is 6.01. The predicted molar refractivity (Wildman–Crippen MR) is 211 cm³/mol. The van der Waals surface area contributed by atoms with Crippen molar-refractivity contribution in [1.29, 1.82) is 10.5 Å².